The van der Waals surface area contributed by atoms with E-state index in [2.05, 4.69) is 11.6 Å². The largest absolute Gasteiger partial charge is 0.383 e. The summed E-state index contributed by atoms with van der Waals surface area (Å²) in [7, 11) is 0. The molecule has 1 heterocycles. The van der Waals surface area contributed by atoms with Crippen molar-refractivity contribution in [2.45, 2.75) is 13.0 Å². The number of rotatable bonds is 2. The van der Waals surface area contributed by atoms with Crippen molar-refractivity contribution < 1.29 is 0 Å². The molecule has 0 aliphatic carbocycles. The normalized spacial score (nSPS) is 12.5. The van der Waals surface area contributed by atoms with Gasteiger partial charge in [-0.3, -0.25) is 0 Å². The van der Waals surface area contributed by atoms with E-state index in [0.29, 0.717) is 5.82 Å². The molecule has 12 heavy (non-hydrogen) atoms. The maximum Gasteiger partial charge on any atom is 0.126 e. The van der Waals surface area contributed by atoms with Crippen molar-refractivity contribution in [3.63, 3.8) is 0 Å². The van der Waals surface area contributed by atoms with Gasteiger partial charge in [-0.25, -0.2) is 4.98 Å². The minimum atomic E-state index is -0.156. The first kappa shape index (κ1) is 8.74. The minimum absolute atomic E-state index is 0.156. The van der Waals surface area contributed by atoms with Crippen molar-refractivity contribution in [3.8, 4) is 0 Å². The smallest absolute Gasteiger partial charge is 0.126 e. The highest BCUT2D eigenvalue weighted by Gasteiger charge is 2.02. The van der Waals surface area contributed by atoms with Gasteiger partial charge in [0.1, 0.15) is 5.82 Å². The summed E-state index contributed by atoms with van der Waals surface area (Å²) in [5.41, 5.74) is 13.2. The second kappa shape index (κ2) is 3.36. The van der Waals surface area contributed by atoms with E-state index in [1.807, 2.05) is 13.0 Å². The van der Waals surface area contributed by atoms with Gasteiger partial charge in [-0.1, -0.05) is 6.08 Å². The van der Waals surface area contributed by atoms with Crippen LogP contribution in [0.3, 0.4) is 0 Å². The van der Waals surface area contributed by atoms with Crippen LogP contribution in [0, 0.1) is 6.92 Å². The second-order valence-electron chi connectivity index (χ2n) is 2.73. The van der Waals surface area contributed by atoms with Crippen molar-refractivity contribution in [2.75, 3.05) is 5.73 Å². The first-order valence-corrected chi connectivity index (χ1v) is 3.75. The zero-order valence-corrected chi connectivity index (χ0v) is 7.12. The van der Waals surface area contributed by atoms with Crippen LogP contribution in [0.1, 0.15) is 17.2 Å². The van der Waals surface area contributed by atoms with Gasteiger partial charge in [0.15, 0.2) is 0 Å². The predicted molar refractivity (Wildman–Crippen MR) is 50.5 cm³/mol. The Bertz CT molecular complexity index is 294. The molecule has 0 aliphatic rings. The van der Waals surface area contributed by atoms with Crippen molar-refractivity contribution >= 4 is 5.82 Å². The number of nitrogen functional groups attached to an aromatic ring is 1. The van der Waals surface area contributed by atoms with Crippen molar-refractivity contribution in [2.24, 2.45) is 5.73 Å². The van der Waals surface area contributed by atoms with Gasteiger partial charge in [-0.15, -0.1) is 6.58 Å². The van der Waals surface area contributed by atoms with Gasteiger partial charge < -0.3 is 11.5 Å². The van der Waals surface area contributed by atoms with Crippen molar-refractivity contribution in [1.82, 2.24) is 4.98 Å². The molecule has 0 saturated carbocycles. The first-order valence-electron chi connectivity index (χ1n) is 3.75. The number of aromatic nitrogens is 1. The molecule has 3 heteroatoms. The van der Waals surface area contributed by atoms with Crippen LogP contribution < -0.4 is 11.5 Å². The topological polar surface area (TPSA) is 64.9 Å². The Labute approximate surface area is 72.1 Å². The lowest BCUT2D eigenvalue weighted by Crippen LogP contribution is -2.08. The zero-order valence-electron chi connectivity index (χ0n) is 7.12. The molecule has 64 valence electrons. The number of anilines is 1. The summed E-state index contributed by atoms with van der Waals surface area (Å²) in [5, 5.41) is 0. The third kappa shape index (κ3) is 1.62. The molecule has 0 bridgehead atoms. The molecule has 4 N–H and O–H groups in total. The van der Waals surface area contributed by atoms with Gasteiger partial charge in [-0.2, -0.15) is 0 Å². The van der Waals surface area contributed by atoms with Gasteiger partial charge in [0.05, 0.1) is 0 Å². The van der Waals surface area contributed by atoms with Gasteiger partial charge in [0, 0.05) is 12.2 Å². The summed E-state index contributed by atoms with van der Waals surface area (Å²) < 4.78 is 0. The van der Waals surface area contributed by atoms with Crippen molar-refractivity contribution in [1.29, 1.82) is 0 Å². The standard InChI is InChI=1S/C9H13N3/c1-3-8(10)7-4-6(2)9(11)12-5-7/h3-5,8H,1,10H2,2H3,(H2,11,12). The summed E-state index contributed by atoms with van der Waals surface area (Å²) in [6.07, 6.45) is 3.35. The van der Waals surface area contributed by atoms with Gasteiger partial charge in [0.25, 0.3) is 0 Å². The highest BCUT2D eigenvalue weighted by molar-refractivity contribution is 5.40. The van der Waals surface area contributed by atoms with Crippen LogP contribution in [0.25, 0.3) is 0 Å². The van der Waals surface area contributed by atoms with E-state index in [1.165, 1.54) is 0 Å². The molecular formula is C9H13N3. The Hall–Kier alpha value is -1.35. The van der Waals surface area contributed by atoms with E-state index in [0.717, 1.165) is 11.1 Å². The van der Waals surface area contributed by atoms with Crippen LogP contribution >= 0.6 is 0 Å². The second-order valence-corrected chi connectivity index (χ2v) is 2.73. The van der Waals surface area contributed by atoms with Crippen molar-refractivity contribution in [3.05, 3.63) is 36.0 Å². The summed E-state index contributed by atoms with van der Waals surface area (Å²) >= 11 is 0. The molecule has 0 amide bonds. The van der Waals surface area contributed by atoms with E-state index >= 15 is 0 Å². The Morgan fingerprint density at radius 1 is 1.67 bits per heavy atom. The number of hydrogen-bond donors (Lipinski definition) is 2. The molecule has 0 fully saturated rings. The maximum absolute atomic E-state index is 5.71. The highest BCUT2D eigenvalue weighted by Crippen LogP contribution is 2.14. The van der Waals surface area contributed by atoms with Crippen LogP contribution in [-0.4, -0.2) is 4.98 Å². The van der Waals surface area contributed by atoms with Gasteiger partial charge in [-0.05, 0) is 24.1 Å². The Morgan fingerprint density at radius 3 is 2.83 bits per heavy atom. The maximum atomic E-state index is 5.71. The summed E-state index contributed by atoms with van der Waals surface area (Å²) in [6.45, 7) is 5.51. The molecule has 3 nitrogen and oxygen atoms in total. The average molecular weight is 163 g/mol. The number of aryl methyl sites for hydroxylation is 1. The minimum Gasteiger partial charge on any atom is -0.383 e. The molecule has 1 unspecified atom stereocenters. The fourth-order valence-electron chi connectivity index (χ4n) is 0.925. The molecule has 0 spiro atoms. The Balaban J connectivity index is 3.04. The number of pyridine rings is 1. The molecule has 0 aromatic carbocycles. The van der Waals surface area contributed by atoms with Crippen LogP contribution in [0.2, 0.25) is 0 Å². The molecule has 1 atom stereocenters. The van der Waals surface area contributed by atoms with E-state index < -0.39 is 0 Å². The lowest BCUT2D eigenvalue weighted by Gasteiger charge is -2.07. The molecule has 0 aliphatic heterocycles. The third-order valence-electron chi connectivity index (χ3n) is 1.78. The monoisotopic (exact) mass is 163 g/mol. The number of hydrogen-bond acceptors (Lipinski definition) is 3. The van der Waals surface area contributed by atoms with E-state index in [1.54, 1.807) is 12.3 Å². The van der Waals surface area contributed by atoms with E-state index in [-0.39, 0.29) is 6.04 Å². The predicted octanol–water partition coefficient (Wildman–Crippen LogP) is 1.16. The fourth-order valence-corrected chi connectivity index (χ4v) is 0.925. The fraction of sp³-hybridized carbons (Fsp3) is 0.222. The van der Waals surface area contributed by atoms with Crippen LogP contribution in [0.4, 0.5) is 5.82 Å². The number of nitrogens with two attached hydrogens (primary N) is 2. The van der Waals surface area contributed by atoms with E-state index in [9.17, 15) is 0 Å². The average Bonchev–Trinajstić information content (AvgIpc) is 2.08. The molecule has 0 radical (unpaired) electrons. The Morgan fingerprint density at radius 2 is 2.33 bits per heavy atom. The summed E-state index contributed by atoms with van der Waals surface area (Å²) in [4.78, 5) is 4.00. The van der Waals surface area contributed by atoms with E-state index in [4.69, 9.17) is 11.5 Å². The Kier molecular flexibility index (Phi) is 2.45. The zero-order chi connectivity index (χ0) is 9.14. The van der Waals surface area contributed by atoms with Crippen LogP contribution in [-0.2, 0) is 0 Å². The highest BCUT2D eigenvalue weighted by atomic mass is 14.8. The van der Waals surface area contributed by atoms with Crippen LogP contribution in [0.5, 0.6) is 0 Å². The third-order valence-corrected chi connectivity index (χ3v) is 1.78. The van der Waals surface area contributed by atoms with Gasteiger partial charge in [0.2, 0.25) is 0 Å². The quantitative estimate of drug-likeness (QED) is 0.643. The molecular weight excluding hydrogens is 150 g/mol. The molecule has 1 aromatic rings. The lowest BCUT2D eigenvalue weighted by atomic mass is 10.1. The summed E-state index contributed by atoms with van der Waals surface area (Å²) in [5.74, 6) is 0.551. The van der Waals surface area contributed by atoms with Gasteiger partial charge >= 0.3 is 0 Å². The first-order chi connectivity index (χ1) is 5.65. The molecule has 1 aromatic heterocycles. The molecule has 0 saturated heterocycles. The van der Waals surface area contributed by atoms with Crippen LogP contribution in [0.15, 0.2) is 24.9 Å². The lowest BCUT2D eigenvalue weighted by molar-refractivity contribution is 0.902. The molecule has 1 rings (SSSR count). The number of nitrogens with zero attached hydrogens (tertiary/aromatic N) is 1. The summed E-state index contributed by atoms with van der Waals surface area (Å²) in [6, 6.07) is 1.77. The SMILES string of the molecule is C=CC(N)c1cnc(N)c(C)c1.